The molecular formula is C79H44Br4F26Mg. The maximum atomic E-state index is 15.0. The molecule has 0 N–H and O–H groups in total. The van der Waals surface area contributed by atoms with Gasteiger partial charge in [-0.05, 0) is 66.3 Å². The minimum atomic E-state index is -2.68. The topological polar surface area (TPSA) is 0 Å². The van der Waals surface area contributed by atoms with Gasteiger partial charge < -0.3 is 17.0 Å². The van der Waals surface area contributed by atoms with Gasteiger partial charge in [0.05, 0.1) is 55.6 Å². The van der Waals surface area contributed by atoms with E-state index < -0.39 is 207 Å². The first-order chi connectivity index (χ1) is 50.4. The molecule has 0 amide bonds. The van der Waals surface area contributed by atoms with Crippen LogP contribution in [-0.2, 0) is 10.7 Å². The van der Waals surface area contributed by atoms with Gasteiger partial charge in [-0.25, -0.2) is 114 Å². The van der Waals surface area contributed by atoms with Crippen molar-refractivity contribution in [2.45, 2.75) is 45.8 Å². The molecule has 0 saturated heterocycles. The molecule has 0 aliphatic rings. The molecule has 0 spiro atoms. The van der Waals surface area contributed by atoms with Crippen LogP contribution < -0.4 is 17.0 Å². The van der Waals surface area contributed by atoms with E-state index in [9.17, 15) is 114 Å². The van der Waals surface area contributed by atoms with E-state index in [1.165, 1.54) is 108 Å². The number of rotatable bonds is 9. The Kier molecular flexibility index (Phi) is 32.8. The Balaban J connectivity index is 0.000000270. The molecule has 0 aliphatic heterocycles. The third-order valence-corrected chi connectivity index (χ3v) is 17.4. The molecule has 0 unspecified atom stereocenters. The number of benzene rings is 12. The van der Waals surface area contributed by atoms with E-state index in [2.05, 4.69) is 79.8 Å². The average molecular weight is 1830 g/mol. The van der Waals surface area contributed by atoms with Crippen molar-refractivity contribution in [2.75, 3.05) is 0 Å². The van der Waals surface area contributed by atoms with E-state index in [0.29, 0.717) is 32.9 Å². The number of hydrogen-bond acceptors (Lipinski definition) is 0. The molecule has 0 bridgehead atoms. The molecule has 0 radical (unpaired) electrons. The van der Waals surface area contributed by atoms with E-state index in [0.717, 1.165) is 4.47 Å². The van der Waals surface area contributed by atoms with Gasteiger partial charge in [0.15, 0.2) is 140 Å². The van der Waals surface area contributed by atoms with E-state index in [1.807, 2.05) is 36.4 Å². The van der Waals surface area contributed by atoms with Gasteiger partial charge in [0.2, 0.25) is 11.6 Å². The molecule has 0 heterocycles. The fraction of sp³-hybridized carbons (Fsp3) is 0.0886. The third-order valence-electron chi connectivity index (χ3n) is 15.6. The van der Waals surface area contributed by atoms with Gasteiger partial charge in [-0.3, -0.25) is 0 Å². The van der Waals surface area contributed by atoms with Gasteiger partial charge in [-0.1, -0.05) is 188 Å². The monoisotopic (exact) mass is 1830 g/mol. The second kappa shape index (κ2) is 39.1. The standard InChI is InChI=1S/C26H12Br2F8.C26H14F8.C12F10.C7H7Br.C7H7.CH4.BrH.Mg/c27-9-11-1-5-13(6-2-11)15-19(29)23(33)17(24(34)20(15)30)18-25(35)21(31)16(22(32)26(18)36)14-7-3-12(10-28)4-8-14;1-11-3-7-13(8-4-11)15-19(27)23(31)17(24(32)20(15)28)18-25(33)21(29)16(22(30)26(18)34)14-9-5-12(2)6-10-14;13-3-1(4(14)8(18)11(21)7(3)17)2-5(15)9(19)12(22)10(20)6(2)16;1-6-2-4-7(8)5-3-6;1-7-5-3-2-4-6-7;;;/h1-8H,9-10H2;3-10H,1-2H3;;2-5H,1H3;3-6H,1H3;1H4;1H;/q;;;;-1;;;+2/p-1. The molecule has 12 rings (SSSR count). The summed E-state index contributed by atoms with van der Waals surface area (Å²) in [4.78, 5) is 0. The van der Waals surface area contributed by atoms with Crippen molar-refractivity contribution in [3.63, 3.8) is 0 Å². The second-order valence-electron chi connectivity index (χ2n) is 22.7. The third kappa shape index (κ3) is 19.0. The molecule has 0 aliphatic carbocycles. The summed E-state index contributed by atoms with van der Waals surface area (Å²) in [6.45, 7) is 7.46. The summed E-state index contributed by atoms with van der Waals surface area (Å²) in [7, 11) is 0. The molecule has 0 saturated carbocycles. The second-order valence-corrected chi connectivity index (χ2v) is 24.7. The van der Waals surface area contributed by atoms with Gasteiger partial charge in [0.25, 0.3) is 0 Å². The van der Waals surface area contributed by atoms with Crippen molar-refractivity contribution in [2.24, 2.45) is 0 Å². The molecule has 0 nitrogen and oxygen atoms in total. The Morgan fingerprint density at radius 3 is 0.527 bits per heavy atom. The molecule has 31 heteroatoms. The van der Waals surface area contributed by atoms with Gasteiger partial charge in [-0.15, -0.1) is 0 Å². The quantitative estimate of drug-likeness (QED) is 0.0337. The molecule has 110 heavy (non-hydrogen) atoms. The summed E-state index contributed by atoms with van der Waals surface area (Å²) in [6.07, 6.45) is 0. The minimum Gasteiger partial charge on any atom is -1.00 e. The van der Waals surface area contributed by atoms with Crippen LogP contribution in [0.2, 0.25) is 0 Å². The van der Waals surface area contributed by atoms with Crippen LogP contribution in [0.15, 0.2) is 150 Å². The Morgan fingerprint density at radius 2 is 0.364 bits per heavy atom. The molecule has 0 atom stereocenters. The molecule has 0 fully saturated rings. The van der Waals surface area contributed by atoms with Crippen molar-refractivity contribution in [1.29, 1.82) is 0 Å². The zero-order valence-corrected chi connectivity index (χ0v) is 63.1. The minimum absolute atomic E-state index is 0. The fourth-order valence-electron chi connectivity index (χ4n) is 10.0. The molecule has 12 aromatic carbocycles. The van der Waals surface area contributed by atoms with Crippen LogP contribution in [0.5, 0.6) is 0 Å². The predicted molar refractivity (Wildman–Crippen MR) is 372 cm³/mol. The smallest absolute Gasteiger partial charge is 1.00 e. The number of alkyl halides is 2. The Morgan fingerprint density at radius 1 is 0.218 bits per heavy atom. The summed E-state index contributed by atoms with van der Waals surface area (Å²) in [5.74, 6) is -60.1. The maximum Gasteiger partial charge on any atom is 2.00 e. The van der Waals surface area contributed by atoms with Gasteiger partial charge >= 0.3 is 23.1 Å². The fourth-order valence-corrected chi connectivity index (χ4v) is 11.0. The first-order valence-electron chi connectivity index (χ1n) is 30.0. The van der Waals surface area contributed by atoms with Gasteiger partial charge in [0, 0.05) is 15.1 Å². The van der Waals surface area contributed by atoms with Crippen molar-refractivity contribution < 1.29 is 131 Å². The largest absolute Gasteiger partial charge is 2.00 e. The summed E-state index contributed by atoms with van der Waals surface area (Å²) >= 11 is 9.70. The van der Waals surface area contributed by atoms with Crippen LogP contribution in [0, 0.1) is 185 Å². The Hall–Kier alpha value is -8.49. The van der Waals surface area contributed by atoms with E-state index >= 15 is 0 Å². The van der Waals surface area contributed by atoms with Crippen molar-refractivity contribution in [3.8, 4) is 77.9 Å². The zero-order chi connectivity index (χ0) is 79.2. The van der Waals surface area contributed by atoms with Crippen LogP contribution in [0.4, 0.5) is 114 Å². The number of aryl methyl sites for hydroxylation is 4. The average Bonchev–Trinajstić information content (AvgIpc) is 0.739. The first-order valence-corrected chi connectivity index (χ1v) is 33.1. The van der Waals surface area contributed by atoms with Crippen LogP contribution >= 0.6 is 47.8 Å². The van der Waals surface area contributed by atoms with E-state index in [4.69, 9.17) is 0 Å². The molecule has 12 aromatic rings. The van der Waals surface area contributed by atoms with Crippen LogP contribution in [-0.4, -0.2) is 23.1 Å². The van der Waals surface area contributed by atoms with Gasteiger partial charge in [0.1, 0.15) is 0 Å². The molecule has 572 valence electrons. The summed E-state index contributed by atoms with van der Waals surface area (Å²) in [5.41, 5.74) is -12.3. The normalized spacial score (nSPS) is 10.6. The van der Waals surface area contributed by atoms with Crippen molar-refractivity contribution in [1.82, 2.24) is 0 Å². The predicted octanol–water partition coefficient (Wildman–Crippen LogP) is 24.6. The SMILES string of the molecule is C.Cc1cc[c-]cc1.Cc1ccc(-c2c(F)c(F)c(-c3c(F)c(F)c(-c4ccc(C)cc4)c(F)c3F)c(F)c2F)cc1.Cc1ccc(Br)cc1.Fc1c(F)c(-c2c(F)c(F)c(-c3ccc(CBr)cc3)c(F)c2F)c(F)c(F)c1-c1ccc(CBr)cc1.Fc1c(F)c(F)c(-c2c(F)c(F)c(F)c(F)c2F)c(F)c1F.[Br-].[Mg+2]. The van der Waals surface area contributed by atoms with E-state index in [1.54, 1.807) is 13.8 Å². The van der Waals surface area contributed by atoms with E-state index in [-0.39, 0.29) is 69.7 Å². The van der Waals surface area contributed by atoms with Crippen LogP contribution in [0.25, 0.3) is 77.9 Å². The first kappa shape index (κ1) is 92.1. The maximum absolute atomic E-state index is 15.0. The molecular weight excluding hydrogens is 1790 g/mol. The number of hydrogen-bond donors (Lipinski definition) is 0. The van der Waals surface area contributed by atoms with Crippen molar-refractivity contribution >= 4 is 70.8 Å². The number of halogens is 30. The van der Waals surface area contributed by atoms with Gasteiger partial charge in [-0.2, -0.15) is 35.9 Å². The van der Waals surface area contributed by atoms with Crippen molar-refractivity contribution in [3.05, 3.63) is 341 Å². The Labute approximate surface area is 661 Å². The summed E-state index contributed by atoms with van der Waals surface area (Å²) < 4.78 is 371. The molecule has 0 aromatic heterocycles. The zero-order valence-electron chi connectivity index (χ0n) is 55.3. The summed E-state index contributed by atoms with van der Waals surface area (Å²) in [6, 6.07) is 39.9. The van der Waals surface area contributed by atoms with Crippen LogP contribution in [0.3, 0.4) is 0 Å². The van der Waals surface area contributed by atoms with Crippen LogP contribution in [0.1, 0.15) is 40.8 Å². The Bertz CT molecular complexity index is 4860. The summed E-state index contributed by atoms with van der Waals surface area (Å²) in [5, 5.41) is 0.790.